The molecule has 0 spiro atoms. The van der Waals surface area contributed by atoms with Crippen LogP contribution in [-0.2, 0) is 0 Å². The molecule has 2 rings (SSSR count). The van der Waals surface area contributed by atoms with E-state index in [1.807, 2.05) is 39.0 Å². The normalized spacial score (nSPS) is 12.2. The molecule has 0 amide bonds. The van der Waals surface area contributed by atoms with Crippen molar-refractivity contribution >= 4 is 11.3 Å². The molecule has 20 heavy (non-hydrogen) atoms. The van der Waals surface area contributed by atoms with Gasteiger partial charge in [-0.1, -0.05) is 0 Å². The molecule has 0 saturated carbocycles. The van der Waals surface area contributed by atoms with Crippen LogP contribution >= 0.6 is 11.3 Å². The predicted molar refractivity (Wildman–Crippen MR) is 82.6 cm³/mol. The molecular weight excluding hydrogens is 272 g/mol. The number of benzene rings is 1. The maximum Gasteiger partial charge on any atom is 0.161 e. The van der Waals surface area contributed by atoms with Gasteiger partial charge >= 0.3 is 0 Å². The Labute approximate surface area is 123 Å². The first kappa shape index (κ1) is 14.8. The lowest BCUT2D eigenvalue weighted by Gasteiger charge is -2.10. The second-order valence-electron chi connectivity index (χ2n) is 4.56. The maximum absolute atomic E-state index is 5.95. The summed E-state index contributed by atoms with van der Waals surface area (Å²) in [5.41, 5.74) is 7.97. The standard InChI is InChI=1S/C15H20N2O2S/c1-5-19-13-8-11(6-7-12(13)18-4)15-17-10(3)14(20-15)9(2)16/h6-9H,5,16H2,1-4H3. The van der Waals surface area contributed by atoms with Crippen molar-refractivity contribution in [3.63, 3.8) is 0 Å². The van der Waals surface area contributed by atoms with E-state index in [1.165, 1.54) is 0 Å². The molecule has 0 saturated heterocycles. The largest absolute Gasteiger partial charge is 0.493 e. The first-order valence-corrected chi connectivity index (χ1v) is 7.42. The van der Waals surface area contributed by atoms with Gasteiger partial charge in [-0.15, -0.1) is 11.3 Å². The number of ether oxygens (including phenoxy) is 2. The van der Waals surface area contributed by atoms with Gasteiger partial charge in [0.1, 0.15) is 5.01 Å². The summed E-state index contributed by atoms with van der Waals surface area (Å²) >= 11 is 1.63. The molecule has 2 N–H and O–H groups in total. The maximum atomic E-state index is 5.95. The van der Waals surface area contributed by atoms with Crippen LogP contribution in [0.4, 0.5) is 0 Å². The fourth-order valence-corrected chi connectivity index (χ4v) is 3.05. The summed E-state index contributed by atoms with van der Waals surface area (Å²) in [6.45, 7) is 6.52. The molecule has 0 bridgehead atoms. The van der Waals surface area contributed by atoms with Crippen LogP contribution in [0.25, 0.3) is 10.6 Å². The summed E-state index contributed by atoms with van der Waals surface area (Å²) in [6, 6.07) is 5.87. The van der Waals surface area contributed by atoms with Crippen molar-refractivity contribution in [1.82, 2.24) is 4.98 Å². The van der Waals surface area contributed by atoms with E-state index < -0.39 is 0 Å². The third-order valence-electron chi connectivity index (χ3n) is 2.96. The fraction of sp³-hybridized carbons (Fsp3) is 0.400. The number of nitrogens with zero attached hydrogens (tertiary/aromatic N) is 1. The lowest BCUT2D eigenvalue weighted by molar-refractivity contribution is 0.311. The minimum Gasteiger partial charge on any atom is -0.493 e. The number of thiazole rings is 1. The van der Waals surface area contributed by atoms with E-state index in [4.69, 9.17) is 15.2 Å². The molecule has 4 nitrogen and oxygen atoms in total. The number of aromatic nitrogens is 1. The Morgan fingerprint density at radius 1 is 1.35 bits per heavy atom. The van der Waals surface area contributed by atoms with E-state index >= 15 is 0 Å². The third kappa shape index (κ3) is 2.94. The smallest absolute Gasteiger partial charge is 0.161 e. The molecule has 1 aromatic carbocycles. The van der Waals surface area contributed by atoms with Gasteiger partial charge in [-0.2, -0.15) is 0 Å². The van der Waals surface area contributed by atoms with E-state index in [0.717, 1.165) is 32.6 Å². The zero-order valence-corrected chi connectivity index (χ0v) is 13.1. The van der Waals surface area contributed by atoms with Crippen molar-refractivity contribution in [2.45, 2.75) is 26.8 Å². The van der Waals surface area contributed by atoms with Crippen molar-refractivity contribution in [3.8, 4) is 22.1 Å². The summed E-state index contributed by atoms with van der Waals surface area (Å²) in [5.74, 6) is 1.47. The van der Waals surface area contributed by atoms with E-state index in [0.29, 0.717) is 6.61 Å². The van der Waals surface area contributed by atoms with Crippen LogP contribution in [0.1, 0.15) is 30.5 Å². The average molecular weight is 292 g/mol. The minimum absolute atomic E-state index is 0.00543. The Balaban J connectivity index is 2.42. The Morgan fingerprint density at radius 3 is 2.65 bits per heavy atom. The van der Waals surface area contributed by atoms with E-state index in [1.54, 1.807) is 18.4 Å². The molecule has 108 valence electrons. The minimum atomic E-state index is 0.00543. The molecule has 1 heterocycles. The number of hydrogen-bond acceptors (Lipinski definition) is 5. The lowest BCUT2D eigenvalue weighted by atomic mass is 10.2. The Bertz CT molecular complexity index is 594. The van der Waals surface area contributed by atoms with Crippen molar-refractivity contribution < 1.29 is 9.47 Å². The van der Waals surface area contributed by atoms with Crippen LogP contribution in [0.15, 0.2) is 18.2 Å². The second-order valence-corrected chi connectivity index (χ2v) is 5.59. The summed E-state index contributed by atoms with van der Waals surface area (Å²) < 4.78 is 10.9. The number of hydrogen-bond donors (Lipinski definition) is 1. The highest BCUT2D eigenvalue weighted by Gasteiger charge is 2.14. The van der Waals surface area contributed by atoms with E-state index in [-0.39, 0.29) is 6.04 Å². The molecule has 1 atom stereocenters. The Kier molecular flexibility index (Phi) is 4.62. The Hall–Kier alpha value is -1.59. The van der Waals surface area contributed by atoms with Crippen molar-refractivity contribution in [2.75, 3.05) is 13.7 Å². The van der Waals surface area contributed by atoms with Gasteiger partial charge in [0.05, 0.1) is 19.4 Å². The molecular formula is C15H20N2O2S. The van der Waals surface area contributed by atoms with Gasteiger partial charge in [0.15, 0.2) is 11.5 Å². The lowest BCUT2D eigenvalue weighted by Crippen LogP contribution is -2.03. The van der Waals surface area contributed by atoms with Gasteiger partial charge in [0.2, 0.25) is 0 Å². The number of methoxy groups -OCH3 is 1. The molecule has 5 heteroatoms. The van der Waals surface area contributed by atoms with Crippen molar-refractivity contribution in [3.05, 3.63) is 28.8 Å². The topological polar surface area (TPSA) is 57.4 Å². The molecule has 0 aliphatic carbocycles. The first-order chi connectivity index (χ1) is 9.56. The van der Waals surface area contributed by atoms with Crippen molar-refractivity contribution in [2.24, 2.45) is 5.73 Å². The van der Waals surface area contributed by atoms with Gasteiger partial charge in [-0.05, 0) is 39.0 Å². The van der Waals surface area contributed by atoms with Crippen LogP contribution < -0.4 is 15.2 Å². The van der Waals surface area contributed by atoms with Crippen LogP contribution in [0.5, 0.6) is 11.5 Å². The average Bonchev–Trinajstić information content (AvgIpc) is 2.81. The molecule has 1 aromatic heterocycles. The SMILES string of the molecule is CCOc1cc(-c2nc(C)c(C(C)N)s2)ccc1OC. The van der Waals surface area contributed by atoms with E-state index in [9.17, 15) is 0 Å². The number of nitrogens with two attached hydrogens (primary N) is 1. The van der Waals surface area contributed by atoms with Gasteiger partial charge in [-0.3, -0.25) is 0 Å². The molecule has 1 unspecified atom stereocenters. The van der Waals surface area contributed by atoms with Gasteiger partial charge in [0.25, 0.3) is 0 Å². The van der Waals surface area contributed by atoms with Gasteiger partial charge in [0, 0.05) is 16.5 Å². The zero-order valence-electron chi connectivity index (χ0n) is 12.3. The summed E-state index contributed by atoms with van der Waals surface area (Å²) in [4.78, 5) is 5.72. The number of aryl methyl sites for hydroxylation is 1. The van der Waals surface area contributed by atoms with Gasteiger partial charge < -0.3 is 15.2 Å². The highest BCUT2D eigenvalue weighted by atomic mass is 32.1. The molecule has 2 aromatic rings. The highest BCUT2D eigenvalue weighted by molar-refractivity contribution is 7.15. The molecule has 0 aliphatic heterocycles. The molecule has 0 aliphatic rings. The highest BCUT2D eigenvalue weighted by Crippen LogP contribution is 2.36. The zero-order chi connectivity index (χ0) is 14.7. The van der Waals surface area contributed by atoms with Crippen LogP contribution in [-0.4, -0.2) is 18.7 Å². The summed E-state index contributed by atoms with van der Waals surface area (Å²) in [5, 5.41) is 0.957. The van der Waals surface area contributed by atoms with Crippen LogP contribution in [0, 0.1) is 6.92 Å². The number of rotatable bonds is 5. The van der Waals surface area contributed by atoms with Gasteiger partial charge in [-0.25, -0.2) is 4.98 Å². The second kappa shape index (κ2) is 6.24. The monoisotopic (exact) mass is 292 g/mol. The van der Waals surface area contributed by atoms with Crippen molar-refractivity contribution in [1.29, 1.82) is 0 Å². The third-order valence-corrected chi connectivity index (χ3v) is 4.36. The molecule has 0 fully saturated rings. The summed E-state index contributed by atoms with van der Waals surface area (Å²) in [6.07, 6.45) is 0. The first-order valence-electron chi connectivity index (χ1n) is 6.61. The van der Waals surface area contributed by atoms with Crippen LogP contribution in [0.2, 0.25) is 0 Å². The predicted octanol–water partition coefficient (Wildman–Crippen LogP) is 3.55. The summed E-state index contributed by atoms with van der Waals surface area (Å²) in [7, 11) is 1.64. The quantitative estimate of drug-likeness (QED) is 0.915. The van der Waals surface area contributed by atoms with E-state index in [2.05, 4.69) is 4.98 Å². The van der Waals surface area contributed by atoms with Crippen LogP contribution in [0.3, 0.4) is 0 Å². The Morgan fingerprint density at radius 2 is 2.10 bits per heavy atom. The molecule has 0 radical (unpaired) electrons. The fourth-order valence-electron chi connectivity index (χ4n) is 2.03.